The predicted molar refractivity (Wildman–Crippen MR) is 91.1 cm³/mol. The van der Waals surface area contributed by atoms with Gasteiger partial charge in [-0.2, -0.15) is 0 Å². The van der Waals surface area contributed by atoms with Gasteiger partial charge in [0.25, 0.3) is 5.91 Å². The molecule has 0 aromatic heterocycles. The highest BCUT2D eigenvalue weighted by Gasteiger charge is 2.43. The lowest BCUT2D eigenvalue weighted by molar-refractivity contribution is -0.124. The molecule has 0 saturated carbocycles. The molecular formula is C17H22N4O4. The molecule has 0 aliphatic carbocycles. The molecule has 3 amide bonds. The Bertz CT molecular complexity index is 685. The largest absolute Gasteiger partial charge is 0.497 e. The first-order valence-electron chi connectivity index (χ1n) is 8.25. The first-order valence-corrected chi connectivity index (χ1v) is 8.25. The average Bonchev–Trinajstić information content (AvgIpc) is 2.89. The summed E-state index contributed by atoms with van der Waals surface area (Å²) in [6, 6.07) is 6.48. The third-order valence-corrected chi connectivity index (χ3v) is 4.66. The number of ether oxygens (including phenoxy) is 1. The summed E-state index contributed by atoms with van der Waals surface area (Å²) >= 11 is 0. The monoisotopic (exact) mass is 346 g/mol. The lowest BCUT2D eigenvalue weighted by atomic mass is 10.1. The molecule has 8 nitrogen and oxygen atoms in total. The van der Waals surface area contributed by atoms with Gasteiger partial charge in [0, 0.05) is 32.2 Å². The zero-order valence-corrected chi connectivity index (χ0v) is 14.2. The summed E-state index contributed by atoms with van der Waals surface area (Å²) in [5.74, 6) is -0.171. The van der Waals surface area contributed by atoms with Gasteiger partial charge in [-0.3, -0.25) is 24.2 Å². The van der Waals surface area contributed by atoms with Gasteiger partial charge >= 0.3 is 0 Å². The molecule has 2 saturated heterocycles. The van der Waals surface area contributed by atoms with Crippen LogP contribution in [0.1, 0.15) is 6.42 Å². The molecule has 8 heteroatoms. The number of hydrogen-bond donors (Lipinski definition) is 1. The van der Waals surface area contributed by atoms with Crippen LogP contribution in [0, 0.1) is 0 Å². The van der Waals surface area contributed by atoms with Crippen molar-refractivity contribution < 1.29 is 19.1 Å². The van der Waals surface area contributed by atoms with Gasteiger partial charge in [0.15, 0.2) is 0 Å². The third-order valence-electron chi connectivity index (χ3n) is 4.66. The van der Waals surface area contributed by atoms with Gasteiger partial charge in [-0.05, 0) is 12.1 Å². The van der Waals surface area contributed by atoms with Crippen molar-refractivity contribution in [3.05, 3.63) is 24.3 Å². The highest BCUT2D eigenvalue weighted by atomic mass is 16.5. The van der Waals surface area contributed by atoms with Crippen molar-refractivity contribution in [1.29, 1.82) is 0 Å². The van der Waals surface area contributed by atoms with E-state index in [1.165, 1.54) is 4.90 Å². The van der Waals surface area contributed by atoms with Gasteiger partial charge < -0.3 is 10.5 Å². The smallest absolute Gasteiger partial charge is 0.251 e. The minimum absolute atomic E-state index is 0.172. The van der Waals surface area contributed by atoms with E-state index >= 15 is 0 Å². The molecular weight excluding hydrogens is 324 g/mol. The van der Waals surface area contributed by atoms with Crippen LogP contribution in [0.25, 0.3) is 0 Å². The van der Waals surface area contributed by atoms with E-state index in [0.29, 0.717) is 37.6 Å². The van der Waals surface area contributed by atoms with Crippen LogP contribution in [-0.4, -0.2) is 73.4 Å². The number of amides is 3. The second-order valence-electron chi connectivity index (χ2n) is 6.27. The Morgan fingerprint density at radius 2 is 1.96 bits per heavy atom. The fourth-order valence-corrected chi connectivity index (χ4v) is 3.38. The highest BCUT2D eigenvalue weighted by Crippen LogP contribution is 2.28. The zero-order chi connectivity index (χ0) is 18.0. The number of carbonyl (C=O) groups excluding carboxylic acids is 3. The Hall–Kier alpha value is -2.45. The number of nitrogens with zero attached hydrogens (tertiary/aromatic N) is 3. The van der Waals surface area contributed by atoms with E-state index in [4.69, 9.17) is 10.5 Å². The minimum Gasteiger partial charge on any atom is -0.497 e. The number of rotatable bonds is 5. The quantitative estimate of drug-likeness (QED) is 0.718. The molecule has 134 valence electrons. The maximum atomic E-state index is 12.8. The molecule has 25 heavy (non-hydrogen) atoms. The first kappa shape index (κ1) is 17.4. The molecule has 2 aliphatic rings. The summed E-state index contributed by atoms with van der Waals surface area (Å²) in [6.07, 6.45) is 0.172. The molecule has 2 aliphatic heterocycles. The number of methoxy groups -OCH3 is 1. The molecule has 2 fully saturated rings. The van der Waals surface area contributed by atoms with Crippen LogP contribution in [0.5, 0.6) is 5.75 Å². The second kappa shape index (κ2) is 7.20. The molecule has 0 unspecified atom stereocenters. The van der Waals surface area contributed by atoms with Crippen LogP contribution >= 0.6 is 0 Å². The summed E-state index contributed by atoms with van der Waals surface area (Å²) < 4.78 is 5.17. The molecule has 2 heterocycles. The van der Waals surface area contributed by atoms with Crippen molar-refractivity contribution in [2.24, 2.45) is 5.73 Å². The van der Waals surface area contributed by atoms with E-state index in [2.05, 4.69) is 0 Å². The number of benzene rings is 1. The third kappa shape index (κ3) is 3.64. The Morgan fingerprint density at radius 3 is 2.60 bits per heavy atom. The molecule has 1 atom stereocenters. The van der Waals surface area contributed by atoms with Gasteiger partial charge in [0.05, 0.1) is 31.8 Å². The second-order valence-corrected chi connectivity index (χ2v) is 6.27. The number of hydrogen-bond acceptors (Lipinski definition) is 6. The van der Waals surface area contributed by atoms with Crippen LogP contribution in [0.15, 0.2) is 24.3 Å². The van der Waals surface area contributed by atoms with Crippen molar-refractivity contribution in [1.82, 2.24) is 9.80 Å². The lowest BCUT2D eigenvalue weighted by Gasteiger charge is -2.36. The maximum Gasteiger partial charge on any atom is 0.251 e. The summed E-state index contributed by atoms with van der Waals surface area (Å²) in [5.41, 5.74) is 5.75. The fraction of sp³-hybridized carbons (Fsp3) is 0.471. The van der Waals surface area contributed by atoms with Crippen LogP contribution in [0.4, 0.5) is 5.69 Å². The van der Waals surface area contributed by atoms with Gasteiger partial charge in [-0.1, -0.05) is 6.07 Å². The number of carbonyl (C=O) groups is 3. The normalized spacial score (nSPS) is 22.4. The van der Waals surface area contributed by atoms with Crippen molar-refractivity contribution in [3.8, 4) is 5.75 Å². The summed E-state index contributed by atoms with van der Waals surface area (Å²) in [5, 5.41) is 0. The Balaban J connectivity index is 1.68. The standard InChI is InChI=1S/C17H22N4O4/c1-25-13-4-2-3-12(9-13)21-16(23)10-14(17(21)24)20-7-5-19(6-8-20)11-15(18)22/h2-4,9,14H,5-8,10-11H2,1H3,(H2,18,22)/t14-/m1/s1. The van der Waals surface area contributed by atoms with Gasteiger partial charge in [0.2, 0.25) is 11.8 Å². The fourth-order valence-electron chi connectivity index (χ4n) is 3.38. The molecule has 1 aromatic rings. The van der Waals surface area contributed by atoms with E-state index in [-0.39, 0.29) is 30.7 Å². The Kier molecular flexibility index (Phi) is 5.00. The van der Waals surface area contributed by atoms with E-state index in [1.54, 1.807) is 31.4 Å². The Labute approximate surface area is 146 Å². The Morgan fingerprint density at radius 1 is 1.24 bits per heavy atom. The van der Waals surface area contributed by atoms with Crippen molar-refractivity contribution in [2.75, 3.05) is 44.7 Å². The maximum absolute atomic E-state index is 12.8. The molecule has 0 radical (unpaired) electrons. The van der Waals surface area contributed by atoms with Crippen molar-refractivity contribution >= 4 is 23.4 Å². The molecule has 0 spiro atoms. The SMILES string of the molecule is COc1cccc(N2C(=O)C[C@@H](N3CCN(CC(N)=O)CC3)C2=O)c1. The van der Waals surface area contributed by atoms with Gasteiger partial charge in [-0.25, -0.2) is 4.90 Å². The zero-order valence-electron chi connectivity index (χ0n) is 14.2. The molecule has 3 rings (SSSR count). The van der Waals surface area contributed by atoms with Crippen LogP contribution in [0.3, 0.4) is 0 Å². The van der Waals surface area contributed by atoms with E-state index in [9.17, 15) is 14.4 Å². The predicted octanol–water partition coefficient (Wildman–Crippen LogP) is -0.570. The average molecular weight is 346 g/mol. The number of nitrogens with two attached hydrogens (primary N) is 1. The lowest BCUT2D eigenvalue weighted by Crippen LogP contribution is -2.53. The molecule has 1 aromatic carbocycles. The summed E-state index contributed by atoms with van der Waals surface area (Å²) in [6.45, 7) is 2.79. The topological polar surface area (TPSA) is 96.2 Å². The summed E-state index contributed by atoms with van der Waals surface area (Å²) in [4.78, 5) is 41.4. The number of piperazine rings is 1. The van der Waals surface area contributed by atoms with E-state index in [1.807, 2.05) is 9.80 Å². The van der Waals surface area contributed by atoms with Crippen molar-refractivity contribution in [3.63, 3.8) is 0 Å². The van der Waals surface area contributed by atoms with Gasteiger partial charge in [0.1, 0.15) is 5.75 Å². The first-order chi connectivity index (χ1) is 12.0. The number of anilines is 1. The van der Waals surface area contributed by atoms with E-state index in [0.717, 1.165) is 0 Å². The van der Waals surface area contributed by atoms with Crippen LogP contribution < -0.4 is 15.4 Å². The highest BCUT2D eigenvalue weighted by molar-refractivity contribution is 6.22. The van der Waals surface area contributed by atoms with E-state index < -0.39 is 6.04 Å². The van der Waals surface area contributed by atoms with Crippen molar-refractivity contribution in [2.45, 2.75) is 12.5 Å². The molecule has 0 bridgehead atoms. The van der Waals surface area contributed by atoms with Crippen LogP contribution in [-0.2, 0) is 14.4 Å². The number of imide groups is 1. The molecule has 2 N–H and O–H groups in total. The summed E-state index contributed by atoms with van der Waals surface area (Å²) in [7, 11) is 1.54. The van der Waals surface area contributed by atoms with Crippen LogP contribution in [0.2, 0.25) is 0 Å². The minimum atomic E-state index is -0.450. The van der Waals surface area contributed by atoms with Gasteiger partial charge in [-0.15, -0.1) is 0 Å². The number of primary amides is 1.